The highest BCUT2D eigenvalue weighted by atomic mass is 32.1. The van der Waals surface area contributed by atoms with Crippen LogP contribution in [0.15, 0.2) is 0 Å². The minimum Gasteiger partial charge on any atom is -0.348 e. The van der Waals surface area contributed by atoms with Gasteiger partial charge >= 0.3 is 0 Å². The topological polar surface area (TPSA) is 45.4 Å². The summed E-state index contributed by atoms with van der Waals surface area (Å²) in [4.78, 5) is 11.2. The molecule has 1 aliphatic carbocycles. The molecule has 4 nitrogen and oxygen atoms in total. The summed E-state index contributed by atoms with van der Waals surface area (Å²) in [5, 5.41) is 1.18. The molecule has 1 aromatic heterocycles. The van der Waals surface area contributed by atoms with Gasteiger partial charge in [-0.2, -0.15) is 0 Å². The minimum absolute atomic E-state index is 0.640. The average molecular weight is 294 g/mol. The van der Waals surface area contributed by atoms with Crippen molar-refractivity contribution in [3.05, 3.63) is 10.6 Å². The van der Waals surface area contributed by atoms with Gasteiger partial charge in [0.1, 0.15) is 0 Å². The lowest BCUT2D eigenvalue weighted by molar-refractivity contribution is 0.221. The molecule has 20 heavy (non-hydrogen) atoms. The Bertz CT molecular complexity index is 447. The third-order valence-electron chi connectivity index (χ3n) is 4.72. The predicted octanol–water partition coefficient (Wildman–Crippen LogP) is 2.40. The van der Waals surface area contributed by atoms with Crippen LogP contribution < -0.4 is 10.6 Å². The van der Waals surface area contributed by atoms with Gasteiger partial charge in [0, 0.05) is 43.5 Å². The van der Waals surface area contributed by atoms with Crippen molar-refractivity contribution in [3.8, 4) is 0 Å². The Labute approximate surface area is 126 Å². The van der Waals surface area contributed by atoms with Gasteiger partial charge in [-0.3, -0.25) is 0 Å². The molecule has 1 aromatic rings. The average Bonchev–Trinajstić information content (AvgIpc) is 3.25. The van der Waals surface area contributed by atoms with E-state index < -0.39 is 0 Å². The maximum absolute atomic E-state index is 5.89. The number of aromatic nitrogens is 1. The van der Waals surface area contributed by atoms with E-state index in [2.05, 4.69) is 23.8 Å². The summed E-state index contributed by atoms with van der Waals surface area (Å²) in [6.45, 7) is 6.51. The Hall–Kier alpha value is -0.650. The summed E-state index contributed by atoms with van der Waals surface area (Å²) in [6.07, 6.45) is 5.10. The van der Waals surface area contributed by atoms with Crippen LogP contribution in [-0.2, 0) is 6.54 Å². The molecule has 0 spiro atoms. The number of anilines is 1. The summed E-state index contributed by atoms with van der Waals surface area (Å²) in [6, 6.07) is 0.640. The van der Waals surface area contributed by atoms with Gasteiger partial charge in [-0.1, -0.05) is 6.92 Å². The molecule has 0 bridgehead atoms. The summed E-state index contributed by atoms with van der Waals surface area (Å²) in [5.74, 6) is 0.703. The lowest BCUT2D eigenvalue weighted by Crippen LogP contribution is -2.43. The maximum atomic E-state index is 5.89. The van der Waals surface area contributed by atoms with Crippen LogP contribution in [0.3, 0.4) is 0 Å². The van der Waals surface area contributed by atoms with Crippen molar-refractivity contribution in [1.29, 1.82) is 0 Å². The summed E-state index contributed by atoms with van der Waals surface area (Å²) in [7, 11) is 2.21. The highest BCUT2D eigenvalue weighted by Crippen LogP contribution is 2.44. The van der Waals surface area contributed by atoms with Crippen molar-refractivity contribution in [2.45, 2.75) is 51.1 Å². The van der Waals surface area contributed by atoms with Crippen LogP contribution in [0.1, 0.15) is 49.1 Å². The largest absolute Gasteiger partial charge is 0.348 e. The highest BCUT2D eigenvalue weighted by Gasteiger charge is 2.31. The molecule has 0 atom stereocenters. The molecule has 0 aromatic carbocycles. The molecule has 0 radical (unpaired) electrons. The van der Waals surface area contributed by atoms with Crippen LogP contribution in [0.4, 0.5) is 5.13 Å². The molecule has 5 heteroatoms. The zero-order valence-corrected chi connectivity index (χ0v) is 13.5. The third kappa shape index (κ3) is 2.85. The number of likely N-dealkylation sites (tertiary alicyclic amines) is 1. The Morgan fingerprint density at radius 1 is 1.30 bits per heavy atom. The van der Waals surface area contributed by atoms with Gasteiger partial charge < -0.3 is 15.5 Å². The molecule has 2 heterocycles. The second-order valence-electron chi connectivity index (χ2n) is 6.06. The third-order valence-corrected chi connectivity index (χ3v) is 5.90. The van der Waals surface area contributed by atoms with Crippen LogP contribution >= 0.6 is 11.3 Å². The van der Waals surface area contributed by atoms with Gasteiger partial charge in [0.25, 0.3) is 0 Å². The summed E-state index contributed by atoms with van der Waals surface area (Å²) >= 11 is 1.81. The number of hydrogen-bond donors (Lipinski definition) is 1. The summed E-state index contributed by atoms with van der Waals surface area (Å²) < 4.78 is 0. The fourth-order valence-electron chi connectivity index (χ4n) is 3.10. The molecule has 1 saturated carbocycles. The molecule has 0 unspecified atom stereocenters. The van der Waals surface area contributed by atoms with Gasteiger partial charge in [-0.05, 0) is 32.2 Å². The van der Waals surface area contributed by atoms with E-state index >= 15 is 0 Å². The molecule has 1 aliphatic heterocycles. The fraction of sp³-hybridized carbons (Fsp3) is 0.800. The van der Waals surface area contributed by atoms with Gasteiger partial charge in [0.05, 0.1) is 5.69 Å². The number of nitrogens with zero attached hydrogens (tertiary/aromatic N) is 3. The lowest BCUT2D eigenvalue weighted by Gasteiger charge is -2.36. The van der Waals surface area contributed by atoms with Crippen LogP contribution in [0.25, 0.3) is 0 Å². The number of thiazole rings is 1. The number of rotatable bonds is 5. The van der Waals surface area contributed by atoms with E-state index in [9.17, 15) is 0 Å². The van der Waals surface area contributed by atoms with Crippen molar-refractivity contribution in [2.75, 3.05) is 31.6 Å². The molecule has 3 rings (SSSR count). The number of nitrogens with two attached hydrogens (primary N) is 1. The smallest absolute Gasteiger partial charge is 0.185 e. The van der Waals surface area contributed by atoms with Crippen molar-refractivity contribution < 1.29 is 0 Å². The van der Waals surface area contributed by atoms with Gasteiger partial charge in [-0.25, -0.2) is 4.98 Å². The van der Waals surface area contributed by atoms with Crippen molar-refractivity contribution in [2.24, 2.45) is 5.73 Å². The Morgan fingerprint density at radius 3 is 2.55 bits per heavy atom. The molecular formula is C15H26N4S. The van der Waals surface area contributed by atoms with Gasteiger partial charge in [0.2, 0.25) is 0 Å². The monoisotopic (exact) mass is 294 g/mol. The van der Waals surface area contributed by atoms with E-state index in [-0.39, 0.29) is 0 Å². The Morgan fingerprint density at radius 2 is 2.00 bits per heavy atom. The maximum Gasteiger partial charge on any atom is 0.185 e. The Balaban J connectivity index is 1.69. The SMILES string of the molecule is CCN1CCC(N(C)c2nc(C3CC3)c(CN)s2)CC1. The van der Waals surface area contributed by atoms with Gasteiger partial charge in [-0.15, -0.1) is 11.3 Å². The first-order valence-corrected chi connectivity index (χ1v) is 8.69. The van der Waals surface area contributed by atoms with E-state index in [1.807, 2.05) is 11.3 Å². The number of hydrogen-bond acceptors (Lipinski definition) is 5. The second-order valence-corrected chi connectivity index (χ2v) is 7.12. The van der Waals surface area contributed by atoms with E-state index in [0.717, 1.165) is 0 Å². The minimum atomic E-state index is 0.640. The summed E-state index contributed by atoms with van der Waals surface area (Å²) in [5.41, 5.74) is 7.19. The van der Waals surface area contributed by atoms with Crippen LogP contribution in [0, 0.1) is 0 Å². The standard InChI is InChI=1S/C15H26N4S/c1-3-19-8-6-12(7-9-19)18(2)15-17-14(11-4-5-11)13(10-16)20-15/h11-12H,3-10,16H2,1-2H3. The molecule has 112 valence electrons. The zero-order valence-electron chi connectivity index (χ0n) is 12.6. The quantitative estimate of drug-likeness (QED) is 0.906. The van der Waals surface area contributed by atoms with Crippen molar-refractivity contribution in [3.63, 3.8) is 0 Å². The predicted molar refractivity (Wildman–Crippen MR) is 85.5 cm³/mol. The van der Waals surface area contributed by atoms with E-state index in [1.165, 1.54) is 61.0 Å². The van der Waals surface area contributed by atoms with Crippen molar-refractivity contribution >= 4 is 16.5 Å². The first-order valence-electron chi connectivity index (χ1n) is 7.87. The van der Waals surface area contributed by atoms with E-state index in [0.29, 0.717) is 18.5 Å². The van der Waals surface area contributed by atoms with E-state index in [4.69, 9.17) is 10.7 Å². The van der Waals surface area contributed by atoms with Crippen LogP contribution in [0.2, 0.25) is 0 Å². The first kappa shape index (κ1) is 14.3. The Kier molecular flexibility index (Phi) is 4.29. The second kappa shape index (κ2) is 6.00. The van der Waals surface area contributed by atoms with Gasteiger partial charge in [0.15, 0.2) is 5.13 Å². The molecule has 0 amide bonds. The van der Waals surface area contributed by atoms with Crippen LogP contribution in [0.5, 0.6) is 0 Å². The highest BCUT2D eigenvalue weighted by molar-refractivity contribution is 7.15. The normalized spacial score (nSPS) is 21.4. The molecule has 2 N–H and O–H groups in total. The first-order chi connectivity index (χ1) is 9.72. The molecule has 2 aliphatic rings. The lowest BCUT2D eigenvalue weighted by atomic mass is 10.0. The molecule has 2 fully saturated rings. The zero-order chi connectivity index (χ0) is 14.1. The fourth-order valence-corrected chi connectivity index (χ4v) is 4.16. The van der Waals surface area contributed by atoms with Crippen LogP contribution in [-0.4, -0.2) is 42.6 Å². The molecule has 1 saturated heterocycles. The number of piperidine rings is 1. The molecular weight excluding hydrogens is 268 g/mol. The van der Waals surface area contributed by atoms with Crippen molar-refractivity contribution in [1.82, 2.24) is 9.88 Å². The van der Waals surface area contributed by atoms with E-state index in [1.54, 1.807) is 0 Å².